The summed E-state index contributed by atoms with van der Waals surface area (Å²) in [5, 5.41) is 5.23. The summed E-state index contributed by atoms with van der Waals surface area (Å²) in [6.07, 6.45) is 1.68. The van der Waals surface area contributed by atoms with Gasteiger partial charge in [-0.2, -0.15) is 5.10 Å². The summed E-state index contributed by atoms with van der Waals surface area (Å²) in [6.45, 7) is 1.86. The Morgan fingerprint density at radius 1 is 1.10 bits per heavy atom. The van der Waals surface area contributed by atoms with Crippen LogP contribution in [0.4, 0.5) is 5.82 Å². The maximum atomic E-state index is 11.5. The van der Waals surface area contributed by atoms with Crippen LogP contribution < -0.4 is 5.43 Å². The van der Waals surface area contributed by atoms with Crippen LogP contribution in [-0.4, -0.2) is 29.3 Å². The highest BCUT2D eigenvalue weighted by molar-refractivity contribution is 7.21. The molecule has 0 aliphatic heterocycles. The van der Waals surface area contributed by atoms with Crippen LogP contribution >= 0.6 is 11.3 Å². The fourth-order valence-corrected chi connectivity index (χ4v) is 3.93. The molecule has 6 nitrogen and oxygen atoms in total. The highest BCUT2D eigenvalue weighted by Crippen LogP contribution is 2.35. The molecule has 144 valence electrons. The maximum Gasteiger partial charge on any atom is 0.337 e. The number of esters is 1. The minimum absolute atomic E-state index is 0.364. The van der Waals surface area contributed by atoms with Gasteiger partial charge in [0, 0.05) is 4.88 Å². The molecule has 0 radical (unpaired) electrons. The molecule has 0 aliphatic rings. The lowest BCUT2D eigenvalue weighted by molar-refractivity contribution is 0.0600. The molecule has 2 heterocycles. The van der Waals surface area contributed by atoms with Crippen molar-refractivity contribution in [3.05, 3.63) is 77.6 Å². The van der Waals surface area contributed by atoms with Crippen molar-refractivity contribution in [2.45, 2.75) is 6.92 Å². The van der Waals surface area contributed by atoms with Gasteiger partial charge < -0.3 is 4.74 Å². The Kier molecular flexibility index (Phi) is 5.31. The Balaban J connectivity index is 1.58. The van der Waals surface area contributed by atoms with Crippen molar-refractivity contribution >= 4 is 39.6 Å². The number of hydrogen-bond donors (Lipinski definition) is 1. The zero-order chi connectivity index (χ0) is 20.2. The first-order valence-electron chi connectivity index (χ1n) is 8.95. The maximum absolute atomic E-state index is 11.5. The number of nitrogens with zero attached hydrogens (tertiary/aromatic N) is 3. The number of anilines is 1. The molecule has 2 aromatic carbocycles. The number of carbonyl (C=O) groups excluding carboxylic acids is 1. The predicted molar refractivity (Wildman–Crippen MR) is 117 cm³/mol. The fourth-order valence-electron chi connectivity index (χ4n) is 2.85. The first-order chi connectivity index (χ1) is 14.1. The minimum Gasteiger partial charge on any atom is -0.465 e. The van der Waals surface area contributed by atoms with Crippen LogP contribution in [0.2, 0.25) is 0 Å². The van der Waals surface area contributed by atoms with Crippen molar-refractivity contribution < 1.29 is 9.53 Å². The topological polar surface area (TPSA) is 76.5 Å². The van der Waals surface area contributed by atoms with Crippen molar-refractivity contribution in [2.24, 2.45) is 5.10 Å². The van der Waals surface area contributed by atoms with E-state index in [2.05, 4.69) is 38.7 Å². The Morgan fingerprint density at radius 2 is 1.86 bits per heavy atom. The zero-order valence-corrected chi connectivity index (χ0v) is 16.7. The van der Waals surface area contributed by atoms with Gasteiger partial charge in [-0.15, -0.1) is 11.3 Å². The van der Waals surface area contributed by atoms with Gasteiger partial charge in [0.05, 0.1) is 24.3 Å². The summed E-state index contributed by atoms with van der Waals surface area (Å²) in [7, 11) is 1.36. The Morgan fingerprint density at radius 3 is 2.59 bits per heavy atom. The second-order valence-electron chi connectivity index (χ2n) is 6.30. The molecule has 4 aromatic rings. The quantitative estimate of drug-likeness (QED) is 0.292. The van der Waals surface area contributed by atoms with Crippen LogP contribution in [0.15, 0.2) is 65.8 Å². The second-order valence-corrected chi connectivity index (χ2v) is 7.33. The van der Waals surface area contributed by atoms with Gasteiger partial charge in [0.2, 0.25) is 0 Å². The van der Waals surface area contributed by atoms with Crippen LogP contribution in [0.1, 0.15) is 21.7 Å². The fraction of sp³-hybridized carbons (Fsp3) is 0.0909. The number of aryl methyl sites for hydroxylation is 1. The van der Waals surface area contributed by atoms with E-state index in [0.29, 0.717) is 17.2 Å². The molecule has 1 N–H and O–H groups in total. The number of hydrazone groups is 1. The number of thiophene rings is 1. The number of nitrogens with one attached hydrogen (secondary N) is 1. The molecule has 0 fully saturated rings. The molecular formula is C22H18N4O2S. The Hall–Kier alpha value is -3.58. The summed E-state index contributed by atoms with van der Waals surface area (Å²) in [6, 6.07) is 19.3. The van der Waals surface area contributed by atoms with E-state index < -0.39 is 0 Å². The van der Waals surface area contributed by atoms with Gasteiger partial charge >= 0.3 is 5.97 Å². The molecule has 0 atom stereocenters. The summed E-state index contributed by atoms with van der Waals surface area (Å²) < 4.78 is 4.70. The Labute approximate surface area is 171 Å². The largest absolute Gasteiger partial charge is 0.465 e. The number of ether oxygens (including phenoxy) is 1. The van der Waals surface area contributed by atoms with Crippen molar-refractivity contribution in [1.29, 1.82) is 0 Å². The van der Waals surface area contributed by atoms with Crippen LogP contribution in [0, 0.1) is 6.92 Å². The predicted octanol–water partition coefficient (Wildman–Crippen LogP) is 4.90. The van der Waals surface area contributed by atoms with E-state index in [1.54, 1.807) is 41.8 Å². The third-order valence-electron chi connectivity index (χ3n) is 4.28. The van der Waals surface area contributed by atoms with Crippen LogP contribution in [0.5, 0.6) is 0 Å². The third kappa shape index (κ3) is 4.14. The number of benzene rings is 2. The zero-order valence-electron chi connectivity index (χ0n) is 15.9. The van der Waals surface area contributed by atoms with E-state index in [4.69, 9.17) is 4.74 Å². The average molecular weight is 402 g/mol. The van der Waals surface area contributed by atoms with E-state index in [0.717, 1.165) is 26.2 Å². The molecule has 2 aromatic heterocycles. The molecule has 0 aliphatic carbocycles. The third-order valence-corrected chi connectivity index (χ3v) is 5.36. The molecule has 4 rings (SSSR count). The first-order valence-corrected chi connectivity index (χ1v) is 9.77. The minimum atomic E-state index is -0.364. The number of methoxy groups -OCH3 is 1. The summed E-state index contributed by atoms with van der Waals surface area (Å²) in [5.41, 5.74) is 5.52. The monoisotopic (exact) mass is 402 g/mol. The van der Waals surface area contributed by atoms with Gasteiger partial charge in [0.1, 0.15) is 10.7 Å². The molecule has 0 saturated heterocycles. The van der Waals surface area contributed by atoms with E-state index in [9.17, 15) is 4.79 Å². The lowest BCUT2D eigenvalue weighted by atomic mass is 10.1. The standard InChI is InChI=1S/C22H18N4O2S/c1-14-24-20(26-23-13-15-8-10-17(11-9-15)22(27)28-2)18-12-19(29-21(18)25-14)16-6-4-3-5-7-16/h3-13H,1-2H3,(H,24,25,26)/b23-13-. The van der Waals surface area contributed by atoms with Crippen molar-refractivity contribution in [3.8, 4) is 10.4 Å². The van der Waals surface area contributed by atoms with Crippen molar-refractivity contribution in [3.63, 3.8) is 0 Å². The van der Waals surface area contributed by atoms with Crippen molar-refractivity contribution in [1.82, 2.24) is 9.97 Å². The van der Waals surface area contributed by atoms with Gasteiger partial charge in [0.25, 0.3) is 0 Å². The molecule has 0 bridgehead atoms. The van der Waals surface area contributed by atoms with Crippen LogP contribution in [-0.2, 0) is 4.74 Å². The smallest absolute Gasteiger partial charge is 0.337 e. The summed E-state index contributed by atoms with van der Waals surface area (Å²) in [5.74, 6) is 0.976. The number of rotatable bonds is 5. The summed E-state index contributed by atoms with van der Waals surface area (Å²) in [4.78, 5) is 22.6. The van der Waals surface area contributed by atoms with Gasteiger partial charge in [-0.1, -0.05) is 42.5 Å². The highest BCUT2D eigenvalue weighted by Gasteiger charge is 2.11. The first kappa shape index (κ1) is 18.8. The molecular weight excluding hydrogens is 384 g/mol. The SMILES string of the molecule is COC(=O)c1ccc(/C=N\Nc2nc(C)nc3sc(-c4ccccc4)cc23)cc1. The van der Waals surface area contributed by atoms with Gasteiger partial charge in [-0.05, 0) is 36.2 Å². The van der Waals surface area contributed by atoms with Crippen LogP contribution in [0.3, 0.4) is 0 Å². The molecule has 0 amide bonds. The molecule has 29 heavy (non-hydrogen) atoms. The number of fused-ring (bicyclic) bond motifs is 1. The number of aromatic nitrogens is 2. The van der Waals surface area contributed by atoms with Gasteiger partial charge in [-0.3, -0.25) is 5.43 Å². The Bertz CT molecular complexity index is 1180. The summed E-state index contributed by atoms with van der Waals surface area (Å²) >= 11 is 1.63. The highest BCUT2D eigenvalue weighted by atomic mass is 32.1. The number of carbonyl (C=O) groups is 1. The van der Waals surface area contributed by atoms with E-state index in [-0.39, 0.29) is 5.97 Å². The molecule has 0 spiro atoms. The van der Waals surface area contributed by atoms with Crippen molar-refractivity contribution in [2.75, 3.05) is 12.5 Å². The molecule has 0 unspecified atom stereocenters. The van der Waals surface area contributed by atoms with Gasteiger partial charge in [0.15, 0.2) is 5.82 Å². The second kappa shape index (κ2) is 8.20. The molecule has 7 heteroatoms. The van der Waals surface area contributed by atoms with Crippen LogP contribution in [0.25, 0.3) is 20.7 Å². The van der Waals surface area contributed by atoms with E-state index >= 15 is 0 Å². The van der Waals surface area contributed by atoms with Gasteiger partial charge in [-0.25, -0.2) is 14.8 Å². The lowest BCUT2D eigenvalue weighted by Gasteiger charge is -2.02. The normalized spacial score (nSPS) is 11.1. The lowest BCUT2D eigenvalue weighted by Crippen LogP contribution is -2.01. The average Bonchev–Trinajstić information content (AvgIpc) is 3.18. The number of hydrogen-bond acceptors (Lipinski definition) is 7. The van der Waals surface area contributed by atoms with E-state index in [1.165, 1.54) is 7.11 Å². The molecule has 0 saturated carbocycles. The van der Waals surface area contributed by atoms with E-state index in [1.807, 2.05) is 25.1 Å².